The van der Waals surface area contributed by atoms with Crippen LogP contribution in [0.1, 0.15) is 15.9 Å². The third-order valence-electron chi connectivity index (χ3n) is 4.38. The van der Waals surface area contributed by atoms with Gasteiger partial charge in [0.05, 0.1) is 28.7 Å². The van der Waals surface area contributed by atoms with Gasteiger partial charge in [0.15, 0.2) is 10.7 Å². The summed E-state index contributed by atoms with van der Waals surface area (Å²) in [7, 11) is 0. The fourth-order valence-corrected chi connectivity index (χ4v) is 3.38. The van der Waals surface area contributed by atoms with Crippen molar-refractivity contribution in [3.8, 4) is 17.3 Å². The zero-order chi connectivity index (χ0) is 23.0. The summed E-state index contributed by atoms with van der Waals surface area (Å²) in [5, 5.41) is 21.5. The number of aromatic amines is 2. The molecule has 0 aliphatic rings. The SMILES string of the molecule is CSc1nc(O)c(C(=O)Nc2ccc3nc(-c4c[nH]nn4)ccc3c2C(F)(F)F)c(=O)[nH]1. The maximum Gasteiger partial charge on any atom is 0.419 e. The van der Waals surface area contributed by atoms with Crippen molar-refractivity contribution in [1.82, 2.24) is 30.4 Å². The summed E-state index contributed by atoms with van der Waals surface area (Å²) in [5.74, 6) is -2.15. The topological polar surface area (TPSA) is 150 Å². The lowest BCUT2D eigenvalue weighted by molar-refractivity contribution is -0.135. The van der Waals surface area contributed by atoms with Crippen molar-refractivity contribution in [3.05, 3.63) is 51.9 Å². The van der Waals surface area contributed by atoms with E-state index in [0.717, 1.165) is 17.8 Å². The number of alkyl halides is 3. The van der Waals surface area contributed by atoms with Gasteiger partial charge in [0.25, 0.3) is 11.5 Å². The number of rotatable bonds is 4. The molecule has 0 spiro atoms. The van der Waals surface area contributed by atoms with Crippen molar-refractivity contribution in [2.24, 2.45) is 0 Å². The Kier molecular flexibility index (Phi) is 5.30. The molecular weight excluding hydrogens is 451 g/mol. The highest BCUT2D eigenvalue weighted by molar-refractivity contribution is 7.98. The first-order valence-corrected chi connectivity index (χ1v) is 9.98. The number of hydrogen-bond acceptors (Lipinski definition) is 8. The second-order valence-corrected chi connectivity index (χ2v) is 7.13. The number of nitrogens with zero attached hydrogens (tertiary/aromatic N) is 4. The Hall–Kier alpha value is -3.94. The summed E-state index contributed by atoms with van der Waals surface area (Å²) >= 11 is 1.00. The Morgan fingerprint density at radius 1 is 1.16 bits per heavy atom. The molecule has 0 bridgehead atoms. The lowest BCUT2D eigenvalue weighted by atomic mass is 10.0. The minimum absolute atomic E-state index is 0.00232. The molecule has 0 unspecified atom stereocenters. The van der Waals surface area contributed by atoms with E-state index in [9.17, 15) is 27.9 Å². The predicted octanol–water partition coefficient (Wildman–Crippen LogP) is 2.80. The number of halogens is 3. The van der Waals surface area contributed by atoms with Gasteiger partial charge in [-0.15, -0.1) is 5.10 Å². The number of carbonyl (C=O) groups is 1. The molecule has 0 radical (unpaired) electrons. The fourth-order valence-electron chi connectivity index (χ4n) is 3.01. The zero-order valence-corrected chi connectivity index (χ0v) is 16.8. The summed E-state index contributed by atoms with van der Waals surface area (Å²) in [5.41, 5.74) is -2.93. The van der Waals surface area contributed by atoms with Crippen LogP contribution in [0.4, 0.5) is 18.9 Å². The molecule has 0 atom stereocenters. The van der Waals surface area contributed by atoms with E-state index in [4.69, 9.17) is 0 Å². The number of fused-ring (bicyclic) bond motifs is 1. The molecule has 1 aromatic carbocycles. The molecule has 0 saturated carbocycles. The van der Waals surface area contributed by atoms with Crippen molar-refractivity contribution >= 4 is 34.3 Å². The standard InChI is InChI=1S/C18H12F3N7O3S/c1-32-17-25-15(30)12(16(31)26-17)14(29)24-10-5-4-8-7(13(10)18(19,20)21)2-3-9(23-8)11-6-22-28-27-11/h2-6H,1H3,(H,24,29)(H,22,27,28)(H2,25,26,30,31). The lowest BCUT2D eigenvalue weighted by Gasteiger charge is -2.16. The van der Waals surface area contributed by atoms with Gasteiger partial charge in [-0.2, -0.15) is 18.2 Å². The number of amides is 1. The van der Waals surface area contributed by atoms with Crippen molar-refractivity contribution in [3.63, 3.8) is 0 Å². The minimum atomic E-state index is -4.87. The summed E-state index contributed by atoms with van der Waals surface area (Å²) in [6, 6.07) is 4.83. The molecule has 4 rings (SSSR count). The highest BCUT2D eigenvalue weighted by Gasteiger charge is 2.37. The normalized spacial score (nSPS) is 11.6. The molecule has 14 heteroatoms. The number of thioether (sulfide) groups is 1. The zero-order valence-electron chi connectivity index (χ0n) is 16.0. The number of benzene rings is 1. The highest BCUT2D eigenvalue weighted by Crippen LogP contribution is 2.40. The van der Waals surface area contributed by atoms with Crippen LogP contribution in [0.3, 0.4) is 0 Å². The maximum absolute atomic E-state index is 13.9. The van der Waals surface area contributed by atoms with E-state index in [1.807, 2.05) is 5.32 Å². The number of hydrogen-bond donors (Lipinski definition) is 4. The van der Waals surface area contributed by atoms with Crippen LogP contribution in [0.25, 0.3) is 22.3 Å². The van der Waals surface area contributed by atoms with E-state index in [-0.39, 0.29) is 16.1 Å². The largest absolute Gasteiger partial charge is 0.493 e. The van der Waals surface area contributed by atoms with Crippen molar-refractivity contribution < 1.29 is 23.1 Å². The first-order chi connectivity index (χ1) is 15.2. The van der Waals surface area contributed by atoms with Gasteiger partial charge >= 0.3 is 6.18 Å². The summed E-state index contributed by atoms with van der Waals surface area (Å²) in [6.45, 7) is 0. The van der Waals surface area contributed by atoms with Gasteiger partial charge in [-0.05, 0) is 30.5 Å². The lowest BCUT2D eigenvalue weighted by Crippen LogP contribution is -2.25. The molecule has 3 heterocycles. The number of carbonyl (C=O) groups excluding carboxylic acids is 1. The minimum Gasteiger partial charge on any atom is -0.493 e. The van der Waals surface area contributed by atoms with E-state index >= 15 is 0 Å². The van der Waals surface area contributed by atoms with Crippen molar-refractivity contribution in [2.45, 2.75) is 11.3 Å². The van der Waals surface area contributed by atoms with Crippen LogP contribution < -0.4 is 10.9 Å². The third-order valence-corrected chi connectivity index (χ3v) is 4.96. The van der Waals surface area contributed by atoms with Gasteiger partial charge in [-0.1, -0.05) is 17.0 Å². The second kappa shape index (κ2) is 7.96. The van der Waals surface area contributed by atoms with E-state index < -0.39 is 40.3 Å². The van der Waals surface area contributed by atoms with Crippen LogP contribution in [-0.4, -0.2) is 47.6 Å². The average molecular weight is 463 g/mol. The number of aromatic nitrogens is 6. The average Bonchev–Trinajstić information content (AvgIpc) is 3.26. The second-order valence-electron chi connectivity index (χ2n) is 6.34. The Balaban J connectivity index is 1.80. The molecule has 32 heavy (non-hydrogen) atoms. The van der Waals surface area contributed by atoms with Crippen molar-refractivity contribution in [1.29, 1.82) is 0 Å². The van der Waals surface area contributed by atoms with Crippen molar-refractivity contribution in [2.75, 3.05) is 11.6 Å². The number of aromatic hydroxyl groups is 1. The summed E-state index contributed by atoms with van der Waals surface area (Å²) in [4.78, 5) is 34.7. The molecule has 0 fully saturated rings. The fraction of sp³-hybridized carbons (Fsp3) is 0.111. The highest BCUT2D eigenvalue weighted by atomic mass is 32.2. The van der Waals surface area contributed by atoms with Gasteiger partial charge in [-0.3, -0.25) is 14.7 Å². The van der Waals surface area contributed by atoms with Gasteiger partial charge in [0.1, 0.15) is 5.69 Å². The van der Waals surface area contributed by atoms with Gasteiger partial charge in [0, 0.05) is 5.39 Å². The molecule has 1 amide bonds. The summed E-state index contributed by atoms with van der Waals surface area (Å²) in [6.07, 6.45) is -1.85. The van der Waals surface area contributed by atoms with Crippen LogP contribution >= 0.6 is 11.8 Å². The number of H-pyrrole nitrogens is 2. The Labute approximate surface area is 180 Å². The molecule has 0 saturated heterocycles. The van der Waals surface area contributed by atoms with Crippen LogP contribution in [0.5, 0.6) is 5.88 Å². The smallest absolute Gasteiger partial charge is 0.419 e. The molecular formula is C18H12F3N7O3S. The first-order valence-electron chi connectivity index (χ1n) is 8.75. The quantitative estimate of drug-likeness (QED) is 0.267. The van der Waals surface area contributed by atoms with Gasteiger partial charge in [0.2, 0.25) is 5.88 Å². The summed E-state index contributed by atoms with van der Waals surface area (Å²) < 4.78 is 41.8. The van der Waals surface area contributed by atoms with E-state index in [0.29, 0.717) is 11.4 Å². The predicted molar refractivity (Wildman–Crippen MR) is 108 cm³/mol. The van der Waals surface area contributed by atoms with Crippen LogP contribution in [-0.2, 0) is 6.18 Å². The molecule has 4 aromatic rings. The van der Waals surface area contributed by atoms with E-state index in [1.54, 1.807) is 6.26 Å². The molecule has 10 nitrogen and oxygen atoms in total. The number of pyridine rings is 1. The first kappa shape index (κ1) is 21.3. The molecule has 0 aliphatic carbocycles. The van der Waals surface area contributed by atoms with E-state index in [2.05, 4.69) is 30.4 Å². The number of anilines is 1. The number of nitrogens with one attached hydrogen (secondary N) is 3. The Bertz CT molecular complexity index is 1390. The van der Waals surface area contributed by atoms with Crippen LogP contribution in [0, 0.1) is 0 Å². The van der Waals surface area contributed by atoms with Gasteiger partial charge < -0.3 is 15.4 Å². The van der Waals surface area contributed by atoms with Crippen LogP contribution in [0.15, 0.2) is 40.4 Å². The Morgan fingerprint density at radius 3 is 2.56 bits per heavy atom. The Morgan fingerprint density at radius 2 is 1.94 bits per heavy atom. The maximum atomic E-state index is 13.9. The third kappa shape index (κ3) is 3.87. The molecule has 4 N–H and O–H groups in total. The monoisotopic (exact) mass is 463 g/mol. The van der Waals surface area contributed by atoms with Crippen LogP contribution in [0.2, 0.25) is 0 Å². The molecule has 0 aliphatic heterocycles. The molecule has 3 aromatic heterocycles. The molecule has 164 valence electrons. The van der Waals surface area contributed by atoms with Gasteiger partial charge in [-0.25, -0.2) is 4.98 Å². The van der Waals surface area contributed by atoms with E-state index in [1.165, 1.54) is 24.4 Å².